The molecule has 0 radical (unpaired) electrons. The Morgan fingerprint density at radius 1 is 0.889 bits per heavy atom. The number of carbonyl (C=O) groups excluding carboxylic acids is 4. The molecule has 27 heavy (non-hydrogen) atoms. The highest BCUT2D eigenvalue weighted by Gasteiger charge is 2.19. The van der Waals surface area contributed by atoms with Crippen molar-refractivity contribution in [1.82, 2.24) is 10.6 Å². The van der Waals surface area contributed by atoms with E-state index in [1.165, 1.54) is 19.2 Å². The van der Waals surface area contributed by atoms with Crippen LogP contribution >= 0.6 is 0 Å². The van der Waals surface area contributed by atoms with Crippen LogP contribution in [0.3, 0.4) is 0 Å². The highest BCUT2D eigenvalue weighted by Crippen LogP contribution is 2.16. The third-order valence-electron chi connectivity index (χ3n) is 3.76. The topological polar surface area (TPSA) is 102 Å². The largest absolute Gasteiger partial charge is 0.452 e. The molecular weight excluding hydrogens is 348 g/mol. The van der Waals surface area contributed by atoms with Gasteiger partial charge in [0, 0.05) is 18.2 Å². The maximum absolute atomic E-state index is 12.7. The van der Waals surface area contributed by atoms with E-state index in [9.17, 15) is 19.2 Å². The Kier molecular flexibility index (Phi) is 6.82. The highest BCUT2D eigenvalue weighted by atomic mass is 16.5. The lowest BCUT2D eigenvalue weighted by molar-refractivity contribution is -0.127. The lowest BCUT2D eigenvalue weighted by Crippen LogP contribution is -2.37. The second-order valence-electron chi connectivity index (χ2n) is 5.77. The summed E-state index contributed by atoms with van der Waals surface area (Å²) < 4.78 is 4.97. The average molecular weight is 368 g/mol. The van der Waals surface area contributed by atoms with Crippen molar-refractivity contribution >= 4 is 23.6 Å². The van der Waals surface area contributed by atoms with Crippen LogP contribution in [0.25, 0.3) is 0 Å². The maximum atomic E-state index is 12.7. The van der Waals surface area contributed by atoms with Gasteiger partial charge < -0.3 is 15.4 Å². The maximum Gasteiger partial charge on any atom is 0.339 e. The number of nitrogens with one attached hydrogen (secondary N) is 2. The zero-order valence-electron chi connectivity index (χ0n) is 15.1. The molecule has 0 aliphatic rings. The second-order valence-corrected chi connectivity index (χ2v) is 5.77. The minimum absolute atomic E-state index is 0.0715. The first-order valence-electron chi connectivity index (χ1n) is 8.27. The van der Waals surface area contributed by atoms with Gasteiger partial charge in [-0.2, -0.15) is 0 Å². The summed E-state index contributed by atoms with van der Waals surface area (Å²) in [6, 6.07) is 13.2. The highest BCUT2D eigenvalue weighted by molar-refractivity contribution is 6.14. The first kappa shape index (κ1) is 19.8. The van der Waals surface area contributed by atoms with Crippen LogP contribution in [0.15, 0.2) is 48.5 Å². The van der Waals surface area contributed by atoms with Gasteiger partial charge in [0.1, 0.15) is 0 Å². The lowest BCUT2D eigenvalue weighted by atomic mass is 9.98. The summed E-state index contributed by atoms with van der Waals surface area (Å²) in [5, 5.41) is 4.66. The molecule has 0 spiro atoms. The molecule has 0 aliphatic carbocycles. The van der Waals surface area contributed by atoms with Gasteiger partial charge >= 0.3 is 5.97 Å². The molecular formula is C20H20N2O5. The fourth-order valence-electron chi connectivity index (χ4n) is 2.25. The van der Waals surface area contributed by atoms with E-state index in [1.807, 2.05) is 19.1 Å². The van der Waals surface area contributed by atoms with Crippen LogP contribution in [0.2, 0.25) is 0 Å². The zero-order valence-corrected chi connectivity index (χ0v) is 15.1. The first-order chi connectivity index (χ1) is 12.9. The van der Waals surface area contributed by atoms with Gasteiger partial charge in [0.05, 0.1) is 12.1 Å². The Labute approximate surface area is 156 Å². The standard InChI is InChI=1S/C20H20N2O5/c1-13-7-9-14(10-8-13)19(25)15-5-3-4-6-16(15)20(26)27-12-18(24)22-11-17(23)21-2/h3-10H,11-12H2,1-2H3,(H,21,23)(H,22,24). The van der Waals surface area contributed by atoms with Gasteiger partial charge in [0.15, 0.2) is 12.4 Å². The van der Waals surface area contributed by atoms with Crippen molar-refractivity contribution in [3.63, 3.8) is 0 Å². The number of carbonyl (C=O) groups is 4. The van der Waals surface area contributed by atoms with Crippen molar-refractivity contribution in [2.24, 2.45) is 0 Å². The van der Waals surface area contributed by atoms with Gasteiger partial charge in [-0.1, -0.05) is 48.0 Å². The summed E-state index contributed by atoms with van der Waals surface area (Å²) >= 11 is 0. The van der Waals surface area contributed by atoms with E-state index in [4.69, 9.17) is 4.74 Å². The summed E-state index contributed by atoms with van der Waals surface area (Å²) in [6.07, 6.45) is 0. The molecule has 0 saturated heterocycles. The molecule has 0 saturated carbocycles. The number of ketones is 1. The summed E-state index contributed by atoms with van der Waals surface area (Å²) in [5.41, 5.74) is 1.73. The van der Waals surface area contributed by atoms with Gasteiger partial charge in [0.2, 0.25) is 5.91 Å². The number of benzene rings is 2. The minimum atomic E-state index is -0.791. The van der Waals surface area contributed by atoms with Crippen molar-refractivity contribution in [2.45, 2.75) is 6.92 Å². The van der Waals surface area contributed by atoms with Crippen molar-refractivity contribution in [3.8, 4) is 0 Å². The summed E-state index contributed by atoms with van der Waals surface area (Å²) in [5.74, 6) is -2.09. The third-order valence-corrected chi connectivity index (χ3v) is 3.76. The first-order valence-corrected chi connectivity index (χ1v) is 8.27. The molecule has 0 aromatic heterocycles. The normalized spacial score (nSPS) is 10.0. The Balaban J connectivity index is 2.07. The molecule has 7 nitrogen and oxygen atoms in total. The Morgan fingerprint density at radius 3 is 2.15 bits per heavy atom. The van der Waals surface area contributed by atoms with Gasteiger partial charge in [-0.05, 0) is 13.0 Å². The van der Waals surface area contributed by atoms with Gasteiger partial charge in [-0.15, -0.1) is 0 Å². The molecule has 7 heteroatoms. The van der Waals surface area contributed by atoms with Crippen LogP contribution in [0, 0.1) is 6.92 Å². The number of likely N-dealkylation sites (N-methyl/N-ethyl adjacent to an activating group) is 1. The van der Waals surface area contributed by atoms with Crippen molar-refractivity contribution in [2.75, 3.05) is 20.2 Å². The molecule has 0 unspecified atom stereocenters. The van der Waals surface area contributed by atoms with E-state index in [0.717, 1.165) is 5.56 Å². The average Bonchev–Trinajstić information content (AvgIpc) is 2.70. The number of hydrogen-bond acceptors (Lipinski definition) is 5. The van der Waals surface area contributed by atoms with Gasteiger partial charge in [-0.25, -0.2) is 4.79 Å². The molecule has 0 heterocycles. The number of aryl methyl sites for hydroxylation is 1. The summed E-state index contributed by atoms with van der Waals surface area (Å²) in [6.45, 7) is 1.15. The number of ether oxygens (including phenoxy) is 1. The monoisotopic (exact) mass is 368 g/mol. The van der Waals surface area contributed by atoms with Crippen LogP contribution in [-0.4, -0.2) is 43.8 Å². The SMILES string of the molecule is CNC(=O)CNC(=O)COC(=O)c1ccccc1C(=O)c1ccc(C)cc1. The van der Waals surface area contributed by atoms with Crippen molar-refractivity contribution in [1.29, 1.82) is 0 Å². The molecule has 2 amide bonds. The molecule has 0 aliphatic heterocycles. The number of hydrogen-bond donors (Lipinski definition) is 2. The van der Waals surface area contributed by atoms with Gasteiger partial charge in [0.25, 0.3) is 5.91 Å². The van der Waals surface area contributed by atoms with Crippen molar-refractivity contribution < 1.29 is 23.9 Å². The van der Waals surface area contributed by atoms with Crippen LogP contribution < -0.4 is 10.6 Å². The molecule has 0 atom stereocenters. The predicted octanol–water partition coefficient (Wildman–Crippen LogP) is 1.25. The van der Waals surface area contributed by atoms with E-state index in [-0.39, 0.29) is 29.4 Å². The molecule has 2 rings (SSSR count). The Bertz CT molecular complexity index is 859. The number of rotatable bonds is 7. The summed E-state index contributed by atoms with van der Waals surface area (Å²) in [7, 11) is 1.44. The lowest BCUT2D eigenvalue weighted by Gasteiger charge is -2.09. The second kappa shape index (κ2) is 9.28. The molecule has 0 bridgehead atoms. The fourth-order valence-corrected chi connectivity index (χ4v) is 2.25. The zero-order chi connectivity index (χ0) is 19.8. The molecule has 2 aromatic rings. The van der Waals surface area contributed by atoms with Crippen LogP contribution in [0.4, 0.5) is 0 Å². The van der Waals surface area contributed by atoms with E-state index in [0.29, 0.717) is 5.56 Å². The smallest absolute Gasteiger partial charge is 0.339 e. The molecule has 0 fully saturated rings. The number of amides is 2. The van der Waals surface area contributed by atoms with E-state index >= 15 is 0 Å². The fraction of sp³-hybridized carbons (Fsp3) is 0.200. The number of esters is 1. The van der Waals surface area contributed by atoms with E-state index < -0.39 is 18.5 Å². The van der Waals surface area contributed by atoms with Crippen LogP contribution in [0.5, 0.6) is 0 Å². The van der Waals surface area contributed by atoms with E-state index in [2.05, 4.69) is 10.6 Å². The predicted molar refractivity (Wildman–Crippen MR) is 98.4 cm³/mol. The molecule has 140 valence electrons. The minimum Gasteiger partial charge on any atom is -0.452 e. The van der Waals surface area contributed by atoms with Crippen LogP contribution in [-0.2, 0) is 14.3 Å². The third kappa shape index (κ3) is 5.50. The summed E-state index contributed by atoms with van der Waals surface area (Å²) in [4.78, 5) is 47.7. The Hall–Kier alpha value is -3.48. The van der Waals surface area contributed by atoms with E-state index in [1.54, 1.807) is 24.3 Å². The molecule has 2 N–H and O–H groups in total. The molecule has 2 aromatic carbocycles. The van der Waals surface area contributed by atoms with Crippen LogP contribution in [0.1, 0.15) is 31.8 Å². The Morgan fingerprint density at radius 2 is 1.52 bits per heavy atom. The van der Waals surface area contributed by atoms with Crippen molar-refractivity contribution in [3.05, 3.63) is 70.8 Å². The van der Waals surface area contributed by atoms with Gasteiger partial charge in [-0.3, -0.25) is 14.4 Å². The quantitative estimate of drug-likeness (QED) is 0.566.